The Kier molecular flexibility index (Phi) is 7.12. The number of nitrogens with one attached hydrogen (secondary N) is 1. The first kappa shape index (κ1) is 17.9. The number of hydrogen-bond donors (Lipinski definition) is 4. The molecule has 0 unspecified atom stereocenters. The number of amides is 1. The van der Waals surface area contributed by atoms with Gasteiger partial charge < -0.3 is 15.5 Å². The van der Waals surface area contributed by atoms with Gasteiger partial charge in [-0.25, -0.2) is 0 Å². The van der Waals surface area contributed by atoms with E-state index in [4.69, 9.17) is 14.8 Å². The van der Waals surface area contributed by atoms with Crippen LogP contribution >= 0.6 is 11.8 Å². The predicted molar refractivity (Wildman–Crippen MR) is 79.9 cm³/mol. The smallest absolute Gasteiger partial charge is 0.294 e. The fourth-order valence-electron chi connectivity index (χ4n) is 1.39. The Bertz CT molecular complexity index is 554. The van der Waals surface area contributed by atoms with E-state index in [2.05, 4.69) is 5.32 Å². The number of benzene rings is 1. The topological polar surface area (TPSA) is 124 Å². The maximum atomic E-state index is 11.6. The van der Waals surface area contributed by atoms with Gasteiger partial charge in [0.2, 0.25) is 5.91 Å². The van der Waals surface area contributed by atoms with Crippen molar-refractivity contribution in [1.82, 2.24) is 0 Å². The van der Waals surface area contributed by atoms with Crippen LogP contribution in [0.5, 0.6) is 0 Å². The number of rotatable bonds is 8. The molecular formula is C12H17NO6S2. The highest BCUT2D eigenvalue weighted by molar-refractivity contribution is 7.99. The highest BCUT2D eigenvalue weighted by Crippen LogP contribution is 2.14. The fourth-order valence-corrected chi connectivity index (χ4v) is 2.79. The second-order valence-corrected chi connectivity index (χ2v) is 6.75. The first-order valence-corrected chi connectivity index (χ1v) is 8.63. The summed E-state index contributed by atoms with van der Waals surface area (Å²) in [5, 5.41) is 20.3. The van der Waals surface area contributed by atoms with Crippen LogP contribution in [0.4, 0.5) is 5.69 Å². The van der Waals surface area contributed by atoms with Crippen molar-refractivity contribution in [2.24, 2.45) is 5.92 Å². The van der Waals surface area contributed by atoms with Gasteiger partial charge in [0.1, 0.15) is 0 Å². The van der Waals surface area contributed by atoms with E-state index in [0.29, 0.717) is 11.4 Å². The summed E-state index contributed by atoms with van der Waals surface area (Å²) in [5.41, 5.74) is 0.411. The van der Waals surface area contributed by atoms with Crippen molar-refractivity contribution >= 4 is 33.5 Å². The SMILES string of the molecule is O=C(CSCC(CO)CO)Nc1ccc(S(=O)(=O)O)cc1. The number of hydrogen-bond acceptors (Lipinski definition) is 6. The normalized spacial score (nSPS) is 11.6. The van der Waals surface area contributed by atoms with Crippen molar-refractivity contribution in [2.75, 3.05) is 30.0 Å². The summed E-state index contributed by atoms with van der Waals surface area (Å²) in [6, 6.07) is 5.11. The Morgan fingerprint density at radius 3 is 2.24 bits per heavy atom. The van der Waals surface area contributed by atoms with E-state index in [-0.39, 0.29) is 35.7 Å². The maximum absolute atomic E-state index is 11.6. The monoisotopic (exact) mass is 335 g/mol. The minimum absolute atomic E-state index is 0.137. The van der Waals surface area contributed by atoms with Crippen LogP contribution in [-0.4, -0.2) is 53.8 Å². The first-order valence-electron chi connectivity index (χ1n) is 6.03. The van der Waals surface area contributed by atoms with Gasteiger partial charge in [0.15, 0.2) is 0 Å². The molecular weight excluding hydrogens is 318 g/mol. The van der Waals surface area contributed by atoms with Crippen LogP contribution in [0.25, 0.3) is 0 Å². The van der Waals surface area contributed by atoms with Crippen molar-refractivity contribution in [3.05, 3.63) is 24.3 Å². The molecule has 118 valence electrons. The second kappa shape index (κ2) is 8.35. The van der Waals surface area contributed by atoms with E-state index in [1.54, 1.807) is 0 Å². The molecule has 0 saturated carbocycles. The van der Waals surface area contributed by atoms with Gasteiger partial charge in [0.05, 0.1) is 10.6 Å². The van der Waals surface area contributed by atoms with E-state index in [9.17, 15) is 13.2 Å². The molecule has 0 radical (unpaired) electrons. The molecule has 7 nitrogen and oxygen atoms in total. The molecule has 0 spiro atoms. The van der Waals surface area contributed by atoms with Gasteiger partial charge in [-0.3, -0.25) is 9.35 Å². The molecule has 0 fully saturated rings. The molecule has 9 heteroatoms. The molecule has 1 rings (SSSR count). The van der Waals surface area contributed by atoms with Gasteiger partial charge in [0.25, 0.3) is 10.1 Å². The molecule has 0 saturated heterocycles. The Morgan fingerprint density at radius 2 is 1.76 bits per heavy atom. The van der Waals surface area contributed by atoms with Gasteiger partial charge in [-0.05, 0) is 24.3 Å². The van der Waals surface area contributed by atoms with E-state index < -0.39 is 10.1 Å². The number of carbonyl (C=O) groups excluding carboxylic acids is 1. The lowest BCUT2D eigenvalue weighted by Gasteiger charge is -2.10. The second-order valence-electron chi connectivity index (χ2n) is 4.29. The summed E-state index contributed by atoms with van der Waals surface area (Å²) in [6.07, 6.45) is 0. The van der Waals surface area contributed by atoms with Gasteiger partial charge in [-0.1, -0.05) is 0 Å². The molecule has 1 aromatic carbocycles. The van der Waals surface area contributed by atoms with Crippen molar-refractivity contribution in [3.8, 4) is 0 Å². The third-order valence-corrected chi connectivity index (χ3v) is 4.58. The largest absolute Gasteiger partial charge is 0.396 e. The van der Waals surface area contributed by atoms with Crippen molar-refractivity contribution in [3.63, 3.8) is 0 Å². The summed E-state index contributed by atoms with van der Waals surface area (Å²) >= 11 is 1.28. The zero-order valence-electron chi connectivity index (χ0n) is 11.1. The zero-order valence-corrected chi connectivity index (χ0v) is 12.7. The lowest BCUT2D eigenvalue weighted by Crippen LogP contribution is -2.18. The predicted octanol–water partition coefficient (Wildman–Crippen LogP) is 0.206. The lowest BCUT2D eigenvalue weighted by molar-refractivity contribution is -0.113. The van der Waals surface area contributed by atoms with Crippen LogP contribution in [0.2, 0.25) is 0 Å². The summed E-state index contributed by atoms with van der Waals surface area (Å²) in [7, 11) is -4.24. The lowest BCUT2D eigenvalue weighted by atomic mass is 10.2. The summed E-state index contributed by atoms with van der Waals surface area (Å²) in [6.45, 7) is -0.273. The molecule has 0 heterocycles. The van der Waals surface area contributed by atoms with Crippen molar-refractivity contribution in [2.45, 2.75) is 4.90 Å². The Morgan fingerprint density at radius 1 is 1.19 bits per heavy atom. The molecule has 0 aromatic heterocycles. The molecule has 21 heavy (non-hydrogen) atoms. The Hall–Kier alpha value is -1.13. The number of thioether (sulfide) groups is 1. The van der Waals surface area contributed by atoms with Crippen LogP contribution in [0, 0.1) is 5.92 Å². The van der Waals surface area contributed by atoms with E-state index in [1.165, 1.54) is 36.0 Å². The Balaban J connectivity index is 2.45. The molecule has 4 N–H and O–H groups in total. The number of aliphatic hydroxyl groups excluding tert-OH is 2. The fraction of sp³-hybridized carbons (Fsp3) is 0.417. The van der Waals surface area contributed by atoms with Gasteiger partial charge in [-0.15, -0.1) is 0 Å². The number of aliphatic hydroxyl groups is 2. The molecule has 0 aliphatic rings. The number of anilines is 1. The summed E-state index contributed by atoms with van der Waals surface area (Å²) in [4.78, 5) is 11.4. The van der Waals surface area contributed by atoms with Crippen molar-refractivity contribution < 1.29 is 28.0 Å². The van der Waals surface area contributed by atoms with Crippen LogP contribution in [0.3, 0.4) is 0 Å². The standard InChI is InChI=1S/C12H17NO6S2/c14-5-9(6-15)7-20-8-12(16)13-10-1-3-11(4-2-10)21(17,18)19/h1-4,9,14-15H,5-8H2,(H,13,16)(H,17,18,19). The summed E-state index contributed by atoms with van der Waals surface area (Å²) in [5.74, 6) is 0.0737. The quantitative estimate of drug-likeness (QED) is 0.500. The van der Waals surface area contributed by atoms with Crippen LogP contribution in [-0.2, 0) is 14.9 Å². The zero-order chi connectivity index (χ0) is 15.9. The van der Waals surface area contributed by atoms with Gasteiger partial charge in [0, 0.05) is 30.6 Å². The maximum Gasteiger partial charge on any atom is 0.294 e. The van der Waals surface area contributed by atoms with Gasteiger partial charge in [-0.2, -0.15) is 20.2 Å². The third kappa shape index (κ3) is 6.44. The van der Waals surface area contributed by atoms with E-state index >= 15 is 0 Å². The first-order chi connectivity index (χ1) is 9.86. The van der Waals surface area contributed by atoms with Crippen LogP contribution in [0.1, 0.15) is 0 Å². The highest BCUT2D eigenvalue weighted by Gasteiger charge is 2.10. The molecule has 0 aliphatic heterocycles. The van der Waals surface area contributed by atoms with Crippen LogP contribution < -0.4 is 5.32 Å². The molecule has 1 amide bonds. The molecule has 0 atom stereocenters. The molecule has 0 aliphatic carbocycles. The van der Waals surface area contributed by atoms with E-state index in [0.717, 1.165) is 0 Å². The average molecular weight is 335 g/mol. The summed E-state index contributed by atoms with van der Waals surface area (Å²) < 4.78 is 30.5. The van der Waals surface area contributed by atoms with Crippen LogP contribution in [0.15, 0.2) is 29.2 Å². The average Bonchev–Trinajstić information content (AvgIpc) is 2.43. The van der Waals surface area contributed by atoms with Crippen molar-refractivity contribution in [1.29, 1.82) is 0 Å². The van der Waals surface area contributed by atoms with E-state index in [1.807, 2.05) is 0 Å². The minimum atomic E-state index is -4.24. The molecule has 0 bridgehead atoms. The Labute approximate surface area is 127 Å². The molecule has 1 aromatic rings. The third-order valence-electron chi connectivity index (χ3n) is 2.54. The van der Waals surface area contributed by atoms with Gasteiger partial charge >= 0.3 is 0 Å². The highest BCUT2D eigenvalue weighted by atomic mass is 32.2. The minimum Gasteiger partial charge on any atom is -0.396 e. The number of carbonyl (C=O) groups is 1.